The molecule has 0 aliphatic heterocycles. The minimum atomic E-state index is 0.456. The van der Waals surface area contributed by atoms with Crippen LogP contribution < -0.4 is 10.5 Å². The molecule has 4 fully saturated rings. The fraction of sp³-hybridized carbons (Fsp3) is 0.750. The first kappa shape index (κ1) is 12.6. The van der Waals surface area contributed by atoms with Crippen LogP contribution in [0, 0.1) is 23.7 Å². The summed E-state index contributed by atoms with van der Waals surface area (Å²) in [7, 11) is 1.70. The molecule has 4 bridgehead atoms. The van der Waals surface area contributed by atoms with Crippen molar-refractivity contribution in [1.82, 2.24) is 9.97 Å². The lowest BCUT2D eigenvalue weighted by Crippen LogP contribution is -2.44. The number of nitrogens with two attached hydrogens (primary N) is 1. The van der Waals surface area contributed by atoms with Gasteiger partial charge in [-0.25, -0.2) is 9.97 Å². The number of ether oxygens (including phenoxy) is 1. The van der Waals surface area contributed by atoms with E-state index in [9.17, 15) is 0 Å². The summed E-state index contributed by atoms with van der Waals surface area (Å²) >= 11 is 0. The molecule has 5 rings (SSSR count). The molecule has 1 aromatic heterocycles. The molecule has 0 atom stereocenters. The number of hydrogen-bond acceptors (Lipinski definition) is 4. The molecule has 1 aromatic rings. The Balaban J connectivity index is 1.73. The maximum Gasteiger partial charge on any atom is 0.235 e. The van der Waals surface area contributed by atoms with Crippen molar-refractivity contribution < 1.29 is 4.74 Å². The van der Waals surface area contributed by atoms with Gasteiger partial charge in [0.15, 0.2) is 0 Å². The lowest BCUT2D eigenvalue weighted by molar-refractivity contribution is -0.00518. The third-order valence-corrected chi connectivity index (χ3v) is 5.76. The minimum absolute atomic E-state index is 0.456. The van der Waals surface area contributed by atoms with Gasteiger partial charge in [0.2, 0.25) is 5.88 Å². The molecule has 4 heteroatoms. The largest absolute Gasteiger partial charge is 0.480 e. The van der Waals surface area contributed by atoms with Gasteiger partial charge in [0.1, 0.15) is 5.69 Å². The zero-order valence-corrected chi connectivity index (χ0v) is 12.1. The lowest BCUT2D eigenvalue weighted by Gasteiger charge is -2.54. The van der Waals surface area contributed by atoms with E-state index in [2.05, 4.69) is 4.98 Å². The molecule has 108 valence electrons. The molecule has 0 saturated heterocycles. The first-order chi connectivity index (χ1) is 9.78. The normalized spacial score (nSPS) is 38.2. The predicted octanol–water partition coefficient (Wildman–Crippen LogP) is 2.48. The molecule has 4 nitrogen and oxygen atoms in total. The number of hydrogen-bond donors (Lipinski definition) is 1. The smallest absolute Gasteiger partial charge is 0.235 e. The summed E-state index contributed by atoms with van der Waals surface area (Å²) in [6.07, 6.45) is 8.76. The Hall–Kier alpha value is -1.16. The van der Waals surface area contributed by atoms with Crippen molar-refractivity contribution >= 4 is 0 Å². The predicted molar refractivity (Wildman–Crippen MR) is 76.3 cm³/mol. The van der Waals surface area contributed by atoms with Crippen LogP contribution in [-0.4, -0.2) is 17.1 Å². The summed E-state index contributed by atoms with van der Waals surface area (Å²) in [6.45, 7) is 0.456. The highest BCUT2D eigenvalue weighted by atomic mass is 16.5. The fourth-order valence-corrected chi connectivity index (χ4v) is 5.28. The molecule has 0 amide bonds. The summed E-state index contributed by atoms with van der Waals surface area (Å²) < 4.78 is 5.49. The number of aromatic nitrogens is 2. The van der Waals surface area contributed by atoms with E-state index in [0.29, 0.717) is 12.5 Å². The number of methoxy groups -OCH3 is 1. The van der Waals surface area contributed by atoms with Crippen molar-refractivity contribution in [2.45, 2.75) is 44.6 Å². The summed E-state index contributed by atoms with van der Waals surface area (Å²) in [5, 5.41) is 0. The molecule has 20 heavy (non-hydrogen) atoms. The van der Waals surface area contributed by atoms with Crippen molar-refractivity contribution in [3.8, 4) is 5.88 Å². The maximum atomic E-state index is 5.74. The second kappa shape index (κ2) is 4.69. The highest BCUT2D eigenvalue weighted by molar-refractivity contribution is 5.27. The van der Waals surface area contributed by atoms with E-state index in [1.165, 1.54) is 32.1 Å². The molecular formula is C16H23N3O. The van der Waals surface area contributed by atoms with Crippen molar-refractivity contribution in [2.24, 2.45) is 29.4 Å². The van der Waals surface area contributed by atoms with E-state index >= 15 is 0 Å². The molecule has 0 unspecified atom stereocenters. The van der Waals surface area contributed by atoms with Gasteiger partial charge >= 0.3 is 0 Å². The zero-order chi connectivity index (χ0) is 13.7. The Bertz CT molecular complexity index is 488. The molecule has 4 saturated carbocycles. The van der Waals surface area contributed by atoms with Crippen LogP contribution in [0.5, 0.6) is 5.88 Å². The van der Waals surface area contributed by atoms with Crippen molar-refractivity contribution in [2.75, 3.05) is 7.11 Å². The minimum Gasteiger partial charge on any atom is -0.480 e. The maximum absolute atomic E-state index is 5.74. The van der Waals surface area contributed by atoms with Gasteiger partial charge in [-0.2, -0.15) is 0 Å². The van der Waals surface area contributed by atoms with E-state index in [-0.39, 0.29) is 0 Å². The van der Waals surface area contributed by atoms with Crippen molar-refractivity contribution in [3.05, 3.63) is 17.6 Å². The number of nitrogens with zero attached hydrogens (tertiary/aromatic N) is 2. The molecular weight excluding hydrogens is 250 g/mol. The average Bonchev–Trinajstić information content (AvgIpc) is 2.46. The SMILES string of the molecule is COc1ncc(CN)nc1C1C2CC3CC(C2)CC1C3. The van der Waals surface area contributed by atoms with Crippen LogP contribution in [0.3, 0.4) is 0 Å². The number of rotatable bonds is 3. The van der Waals surface area contributed by atoms with Gasteiger partial charge in [-0.1, -0.05) is 0 Å². The van der Waals surface area contributed by atoms with Crippen molar-refractivity contribution in [3.63, 3.8) is 0 Å². The van der Waals surface area contributed by atoms with Gasteiger partial charge in [0, 0.05) is 12.5 Å². The third-order valence-electron chi connectivity index (χ3n) is 5.76. The van der Waals surface area contributed by atoms with Crippen LogP contribution in [-0.2, 0) is 6.54 Å². The Morgan fingerprint density at radius 2 is 1.80 bits per heavy atom. The van der Waals surface area contributed by atoms with Gasteiger partial charge in [-0.15, -0.1) is 0 Å². The molecule has 1 heterocycles. The van der Waals surface area contributed by atoms with Gasteiger partial charge in [0.25, 0.3) is 0 Å². The molecule has 0 aromatic carbocycles. The summed E-state index contributed by atoms with van der Waals surface area (Å²) in [6, 6.07) is 0. The van der Waals surface area contributed by atoms with Crippen LogP contribution in [0.25, 0.3) is 0 Å². The van der Waals surface area contributed by atoms with Gasteiger partial charge in [-0.05, 0) is 55.8 Å². The monoisotopic (exact) mass is 273 g/mol. The van der Waals surface area contributed by atoms with Gasteiger partial charge < -0.3 is 10.5 Å². The summed E-state index contributed by atoms with van der Waals surface area (Å²) in [5.74, 6) is 4.82. The Morgan fingerprint density at radius 3 is 2.35 bits per heavy atom. The van der Waals surface area contributed by atoms with E-state index in [1.54, 1.807) is 13.3 Å². The second-order valence-electron chi connectivity index (χ2n) is 6.92. The van der Waals surface area contributed by atoms with E-state index in [1.807, 2.05) is 0 Å². The Labute approximate surface area is 120 Å². The standard InChI is InChI=1S/C16H23N3O/c1-20-16-15(19-13(7-17)8-18-16)14-11-3-9-2-10(5-11)6-12(14)4-9/h8-12,14H,2-7,17H2,1H3. The van der Waals surface area contributed by atoms with Crippen LogP contribution in [0.2, 0.25) is 0 Å². The Kier molecular flexibility index (Phi) is 2.95. The average molecular weight is 273 g/mol. The van der Waals surface area contributed by atoms with Crippen LogP contribution in [0.15, 0.2) is 6.20 Å². The molecule has 0 spiro atoms. The quantitative estimate of drug-likeness (QED) is 0.919. The molecule has 4 aliphatic rings. The van der Waals surface area contributed by atoms with Crippen molar-refractivity contribution in [1.29, 1.82) is 0 Å². The summed E-state index contributed by atoms with van der Waals surface area (Å²) in [4.78, 5) is 9.23. The van der Waals surface area contributed by atoms with E-state index in [0.717, 1.165) is 40.9 Å². The first-order valence-corrected chi connectivity index (χ1v) is 7.88. The van der Waals surface area contributed by atoms with Gasteiger partial charge in [0.05, 0.1) is 19.0 Å². The highest BCUT2D eigenvalue weighted by Crippen LogP contribution is 2.60. The zero-order valence-electron chi connectivity index (χ0n) is 12.1. The highest BCUT2D eigenvalue weighted by Gasteiger charge is 2.50. The second-order valence-corrected chi connectivity index (χ2v) is 6.92. The van der Waals surface area contributed by atoms with Gasteiger partial charge in [-0.3, -0.25) is 0 Å². The summed E-state index contributed by atoms with van der Waals surface area (Å²) in [5.41, 5.74) is 7.71. The molecule has 4 aliphatic carbocycles. The van der Waals surface area contributed by atoms with E-state index < -0.39 is 0 Å². The third kappa shape index (κ3) is 1.85. The topological polar surface area (TPSA) is 61.0 Å². The van der Waals surface area contributed by atoms with E-state index in [4.69, 9.17) is 15.5 Å². The van der Waals surface area contributed by atoms with Crippen LogP contribution in [0.1, 0.15) is 49.4 Å². The fourth-order valence-electron chi connectivity index (χ4n) is 5.28. The van der Waals surface area contributed by atoms with Crippen LogP contribution >= 0.6 is 0 Å². The first-order valence-electron chi connectivity index (χ1n) is 7.88. The van der Waals surface area contributed by atoms with Crippen LogP contribution in [0.4, 0.5) is 0 Å². The lowest BCUT2D eigenvalue weighted by atomic mass is 9.51. The molecule has 2 N–H and O–H groups in total. The Morgan fingerprint density at radius 1 is 1.15 bits per heavy atom. The molecule has 0 radical (unpaired) electrons.